The highest BCUT2D eigenvalue weighted by Crippen LogP contribution is 2.49. The number of hydrogen-bond donors (Lipinski definition) is 1. The summed E-state index contributed by atoms with van der Waals surface area (Å²) in [6, 6.07) is 22.5. The van der Waals surface area contributed by atoms with Gasteiger partial charge in [-0.15, -0.1) is 0 Å². The molecule has 2 amide bonds. The molecule has 0 aliphatic carbocycles. The van der Waals surface area contributed by atoms with Gasteiger partial charge in [0.1, 0.15) is 11.5 Å². The van der Waals surface area contributed by atoms with Crippen LogP contribution in [0.2, 0.25) is 0 Å². The second kappa shape index (κ2) is 7.98. The maximum atomic E-state index is 14.6. The highest BCUT2D eigenvalue weighted by Gasteiger charge is 2.57. The van der Waals surface area contributed by atoms with Crippen molar-refractivity contribution in [3.8, 4) is 22.8 Å². The Balaban J connectivity index is 1.68. The fraction of sp³-hybridized carbons (Fsp3) is 0.179. The molecule has 1 atom stereocenters. The van der Waals surface area contributed by atoms with Gasteiger partial charge in [-0.2, -0.15) is 5.10 Å². The van der Waals surface area contributed by atoms with Crippen molar-refractivity contribution in [1.82, 2.24) is 14.7 Å². The summed E-state index contributed by atoms with van der Waals surface area (Å²) in [6.07, 6.45) is 0. The first-order valence-electron chi connectivity index (χ1n) is 11.6. The Hall–Kier alpha value is -4.59. The Morgan fingerprint density at radius 3 is 2.42 bits per heavy atom. The second-order valence-corrected chi connectivity index (χ2v) is 8.90. The van der Waals surface area contributed by atoms with E-state index in [1.165, 1.54) is 19.1 Å². The molecule has 8 nitrogen and oxygen atoms in total. The molecule has 4 aromatic rings. The number of hydrogen-bond acceptors (Lipinski definition) is 6. The van der Waals surface area contributed by atoms with E-state index in [0.717, 1.165) is 28.2 Å². The molecule has 6 rings (SSSR count). The Morgan fingerprint density at radius 1 is 0.917 bits per heavy atom. The standard InChI is InChI=1S/C28H24N4O4/c1-17-13-23-20-11-7-8-12-22(20)29-28(32(23)30-17)25-21(14-19(35-2)15-24(25)36-3)26(33)31(27(28)34)16-18-9-5-4-6-10-18/h4-15,29H,16H2,1-3H3/t28-/m1/s1. The summed E-state index contributed by atoms with van der Waals surface area (Å²) in [4.78, 5) is 29.7. The first-order valence-corrected chi connectivity index (χ1v) is 11.6. The number of para-hydroxylation sites is 1. The summed E-state index contributed by atoms with van der Waals surface area (Å²) < 4.78 is 12.9. The minimum absolute atomic E-state index is 0.109. The fourth-order valence-corrected chi connectivity index (χ4v) is 5.18. The third-order valence-corrected chi connectivity index (χ3v) is 6.77. The van der Waals surface area contributed by atoms with Crippen LogP contribution in [0.3, 0.4) is 0 Å². The van der Waals surface area contributed by atoms with Gasteiger partial charge < -0.3 is 14.8 Å². The average molecular weight is 481 g/mol. The predicted octanol–water partition coefficient (Wildman–Crippen LogP) is 4.18. The third-order valence-electron chi connectivity index (χ3n) is 6.77. The van der Waals surface area contributed by atoms with Crippen LogP contribution in [0.15, 0.2) is 72.8 Å². The summed E-state index contributed by atoms with van der Waals surface area (Å²) in [5.41, 5.74) is 3.20. The van der Waals surface area contributed by atoms with Crippen molar-refractivity contribution in [3.05, 3.63) is 95.2 Å². The molecule has 2 aliphatic rings. The minimum atomic E-state index is -1.55. The van der Waals surface area contributed by atoms with Crippen LogP contribution in [0.25, 0.3) is 11.3 Å². The minimum Gasteiger partial charge on any atom is -0.497 e. The largest absolute Gasteiger partial charge is 0.497 e. The molecule has 36 heavy (non-hydrogen) atoms. The number of aromatic nitrogens is 2. The molecule has 8 heteroatoms. The molecule has 3 heterocycles. The molecule has 1 aromatic heterocycles. The van der Waals surface area contributed by atoms with Crippen molar-refractivity contribution in [1.29, 1.82) is 0 Å². The van der Waals surface area contributed by atoms with Crippen LogP contribution in [0.4, 0.5) is 5.69 Å². The third kappa shape index (κ3) is 2.97. The van der Waals surface area contributed by atoms with Gasteiger partial charge in [-0.25, -0.2) is 4.68 Å². The summed E-state index contributed by atoms with van der Waals surface area (Å²) >= 11 is 0. The Labute approximate surface area is 208 Å². The number of methoxy groups -OCH3 is 2. The molecule has 3 aromatic carbocycles. The van der Waals surface area contributed by atoms with E-state index in [9.17, 15) is 9.59 Å². The highest BCUT2D eigenvalue weighted by molar-refractivity contribution is 6.15. The van der Waals surface area contributed by atoms with E-state index in [1.807, 2.05) is 67.6 Å². The number of carbonyl (C=O) groups excluding carboxylic acids is 2. The van der Waals surface area contributed by atoms with Gasteiger partial charge in [0, 0.05) is 17.3 Å². The SMILES string of the molecule is COc1cc(OC)c2c(c1)C(=O)N(Cc1ccccc1)C(=O)[C@@]21Nc2ccccc2-c2cc(C)nn21. The molecule has 180 valence electrons. The Morgan fingerprint density at radius 2 is 1.67 bits per heavy atom. The number of nitrogens with one attached hydrogen (secondary N) is 1. The quantitative estimate of drug-likeness (QED) is 0.441. The summed E-state index contributed by atoms with van der Waals surface area (Å²) in [7, 11) is 3.04. The predicted molar refractivity (Wildman–Crippen MR) is 134 cm³/mol. The maximum Gasteiger partial charge on any atom is 0.283 e. The van der Waals surface area contributed by atoms with Crippen molar-refractivity contribution in [2.75, 3.05) is 19.5 Å². The number of benzene rings is 3. The lowest BCUT2D eigenvalue weighted by atomic mass is 9.84. The molecule has 0 saturated carbocycles. The molecule has 0 radical (unpaired) electrons. The van der Waals surface area contributed by atoms with Crippen molar-refractivity contribution in [2.24, 2.45) is 0 Å². The summed E-state index contributed by atoms with van der Waals surface area (Å²) in [5.74, 6) is -0.0495. The number of rotatable bonds is 4. The number of ether oxygens (including phenoxy) is 2. The van der Waals surface area contributed by atoms with E-state index >= 15 is 0 Å². The van der Waals surface area contributed by atoms with Crippen LogP contribution in [-0.2, 0) is 17.0 Å². The van der Waals surface area contributed by atoms with Crippen molar-refractivity contribution in [3.63, 3.8) is 0 Å². The van der Waals surface area contributed by atoms with Crippen LogP contribution in [0.1, 0.15) is 27.2 Å². The average Bonchev–Trinajstić information content (AvgIpc) is 3.32. The number of amides is 2. The van der Waals surface area contributed by atoms with E-state index in [2.05, 4.69) is 5.32 Å². The van der Waals surface area contributed by atoms with Crippen LogP contribution in [0.5, 0.6) is 11.5 Å². The normalized spacial score (nSPS) is 17.8. The van der Waals surface area contributed by atoms with Gasteiger partial charge >= 0.3 is 0 Å². The van der Waals surface area contributed by atoms with Crippen LogP contribution in [0, 0.1) is 6.92 Å². The number of fused-ring (bicyclic) bond motifs is 6. The molecule has 0 fully saturated rings. The van der Waals surface area contributed by atoms with Gasteiger partial charge in [0.2, 0.25) is 5.66 Å². The molecule has 2 aliphatic heterocycles. The molecule has 0 unspecified atom stereocenters. The zero-order valence-corrected chi connectivity index (χ0v) is 20.1. The lowest BCUT2D eigenvalue weighted by Crippen LogP contribution is -2.62. The van der Waals surface area contributed by atoms with E-state index in [-0.39, 0.29) is 6.54 Å². The van der Waals surface area contributed by atoms with Gasteiger partial charge in [-0.3, -0.25) is 14.5 Å². The smallest absolute Gasteiger partial charge is 0.283 e. The second-order valence-electron chi connectivity index (χ2n) is 8.90. The molecule has 0 saturated heterocycles. The number of aryl methyl sites for hydroxylation is 1. The molecule has 0 bridgehead atoms. The van der Waals surface area contributed by atoms with Gasteiger partial charge in [-0.05, 0) is 30.7 Å². The zero-order valence-electron chi connectivity index (χ0n) is 20.1. The first-order chi connectivity index (χ1) is 17.5. The highest BCUT2D eigenvalue weighted by atomic mass is 16.5. The molecule has 1 spiro atoms. The van der Waals surface area contributed by atoms with Crippen LogP contribution in [-0.4, -0.2) is 40.7 Å². The van der Waals surface area contributed by atoms with Gasteiger partial charge in [-0.1, -0.05) is 48.5 Å². The monoisotopic (exact) mass is 480 g/mol. The van der Waals surface area contributed by atoms with Gasteiger partial charge in [0.25, 0.3) is 11.8 Å². The van der Waals surface area contributed by atoms with Gasteiger partial charge in [0.05, 0.1) is 43.3 Å². The Kier molecular flexibility index (Phi) is 4.86. The lowest BCUT2D eigenvalue weighted by Gasteiger charge is -2.46. The topological polar surface area (TPSA) is 85.7 Å². The van der Waals surface area contributed by atoms with Crippen molar-refractivity contribution in [2.45, 2.75) is 19.1 Å². The number of nitrogens with zero attached hydrogens (tertiary/aromatic N) is 3. The van der Waals surface area contributed by atoms with Crippen LogP contribution >= 0.6 is 0 Å². The van der Waals surface area contributed by atoms with Crippen molar-refractivity contribution < 1.29 is 19.1 Å². The number of anilines is 1. The molecule has 1 N–H and O–H groups in total. The summed E-state index contributed by atoms with van der Waals surface area (Å²) in [6.45, 7) is 1.99. The first kappa shape index (κ1) is 21.9. The molecular weight excluding hydrogens is 456 g/mol. The van der Waals surface area contributed by atoms with Crippen LogP contribution < -0.4 is 14.8 Å². The van der Waals surface area contributed by atoms with Gasteiger partial charge in [0.15, 0.2) is 0 Å². The fourth-order valence-electron chi connectivity index (χ4n) is 5.18. The number of carbonyl (C=O) groups is 2. The van der Waals surface area contributed by atoms with E-state index < -0.39 is 17.5 Å². The zero-order chi connectivity index (χ0) is 25.0. The van der Waals surface area contributed by atoms with Crippen molar-refractivity contribution >= 4 is 17.5 Å². The lowest BCUT2D eigenvalue weighted by molar-refractivity contribution is -0.136. The maximum absolute atomic E-state index is 14.6. The Bertz CT molecular complexity index is 1530. The van der Waals surface area contributed by atoms with E-state index in [4.69, 9.17) is 14.6 Å². The summed E-state index contributed by atoms with van der Waals surface area (Å²) in [5, 5.41) is 8.24. The van der Waals surface area contributed by atoms with E-state index in [0.29, 0.717) is 22.6 Å². The number of imide groups is 1. The van der Waals surface area contributed by atoms with E-state index in [1.54, 1.807) is 16.8 Å². The molecular formula is C28H24N4O4.